The van der Waals surface area contributed by atoms with Crippen LogP contribution >= 0.6 is 11.6 Å². The number of benzene rings is 1. The predicted molar refractivity (Wildman–Crippen MR) is 90.0 cm³/mol. The summed E-state index contributed by atoms with van der Waals surface area (Å²) in [5, 5.41) is 20.3. The average molecular weight is 355 g/mol. The number of nitrogens with zero attached hydrogens (tertiary/aromatic N) is 3. The number of rotatable bonds is 5. The largest absolute Gasteiger partial charge is 1.00 e. The molecule has 0 spiro atoms. The minimum Gasteiger partial charge on any atom is -0.545 e. The second kappa shape index (κ2) is 7.69. The molecule has 3 aliphatic rings. The van der Waals surface area contributed by atoms with Gasteiger partial charge in [0.15, 0.2) is 5.15 Å². The summed E-state index contributed by atoms with van der Waals surface area (Å²) in [6.07, 6.45) is 2.53. The van der Waals surface area contributed by atoms with Crippen molar-refractivity contribution in [2.45, 2.75) is 25.4 Å². The van der Waals surface area contributed by atoms with E-state index < -0.39 is 5.97 Å². The molecule has 1 aromatic carbocycles. The number of aromatic nitrogens is 2. The van der Waals surface area contributed by atoms with Gasteiger partial charge in [0.25, 0.3) is 0 Å². The molecule has 1 atom stereocenters. The zero-order valence-electron chi connectivity index (χ0n) is 14.4. The van der Waals surface area contributed by atoms with Crippen molar-refractivity contribution >= 4 is 28.5 Å². The Balaban J connectivity index is 0.00000182. The molecule has 3 saturated heterocycles. The third-order valence-electron chi connectivity index (χ3n) is 5.33. The third-order valence-corrected chi connectivity index (χ3v) is 5.61. The molecule has 5 rings (SSSR count). The first kappa shape index (κ1) is 18.7. The van der Waals surface area contributed by atoms with Crippen LogP contribution in [0.2, 0.25) is 5.15 Å². The number of fused-ring (bicyclic) bond motifs is 4. The first-order valence-corrected chi connectivity index (χ1v) is 8.83. The second-order valence-corrected chi connectivity index (χ2v) is 7.06. The van der Waals surface area contributed by atoms with E-state index in [9.17, 15) is 9.90 Å². The standard InChI is InChI=1S/C17H21ClN4O2.Li/c18-16-12-2-1-3-13(17(23)24)15(12)22(20-16)9-6-19-14-10-21-7-4-11(14)5-8-21;/h1-3,11,14,19H,4-10H2,(H,23,24);/q;+1/p-1. The van der Waals surface area contributed by atoms with Crippen LogP contribution in [-0.4, -0.2) is 52.9 Å². The SMILES string of the molecule is O=C([O-])c1cccc2c(Cl)nn(CCNC3CN4CCC3CC4)c12.[Li+]. The number of carbonyl (C=O) groups is 1. The Morgan fingerprint density at radius 1 is 1.36 bits per heavy atom. The van der Waals surface area contributed by atoms with Crippen molar-refractivity contribution in [1.82, 2.24) is 20.0 Å². The van der Waals surface area contributed by atoms with E-state index in [1.54, 1.807) is 16.8 Å². The van der Waals surface area contributed by atoms with Gasteiger partial charge >= 0.3 is 18.9 Å². The molecule has 25 heavy (non-hydrogen) atoms. The molecule has 6 nitrogen and oxygen atoms in total. The van der Waals surface area contributed by atoms with Crippen molar-refractivity contribution in [2.24, 2.45) is 5.92 Å². The van der Waals surface area contributed by atoms with Gasteiger partial charge in [0.2, 0.25) is 0 Å². The first-order valence-electron chi connectivity index (χ1n) is 8.45. The average Bonchev–Trinajstić information content (AvgIpc) is 2.92. The second-order valence-electron chi connectivity index (χ2n) is 6.70. The zero-order valence-corrected chi connectivity index (χ0v) is 15.1. The number of aromatic carboxylic acids is 1. The van der Waals surface area contributed by atoms with Gasteiger partial charge in [-0.15, -0.1) is 0 Å². The van der Waals surface area contributed by atoms with Crippen LogP contribution in [0, 0.1) is 5.92 Å². The van der Waals surface area contributed by atoms with Gasteiger partial charge in [0, 0.05) is 30.1 Å². The van der Waals surface area contributed by atoms with Crippen molar-refractivity contribution in [2.75, 3.05) is 26.2 Å². The molecule has 0 saturated carbocycles. The number of halogens is 1. The number of carbonyl (C=O) groups excluding carboxylic acids is 1. The van der Waals surface area contributed by atoms with Gasteiger partial charge in [0.1, 0.15) is 0 Å². The molecule has 8 heteroatoms. The van der Waals surface area contributed by atoms with Gasteiger partial charge in [-0.05, 0) is 37.9 Å². The number of hydrogen-bond donors (Lipinski definition) is 1. The number of hydrogen-bond acceptors (Lipinski definition) is 5. The van der Waals surface area contributed by atoms with Gasteiger partial charge in [0.05, 0.1) is 18.0 Å². The number of nitrogens with one attached hydrogen (secondary N) is 1. The van der Waals surface area contributed by atoms with E-state index in [0.29, 0.717) is 28.6 Å². The van der Waals surface area contributed by atoms with E-state index in [-0.39, 0.29) is 24.4 Å². The molecule has 3 fully saturated rings. The summed E-state index contributed by atoms with van der Waals surface area (Å²) in [7, 11) is 0. The smallest absolute Gasteiger partial charge is 0.545 e. The molecule has 0 aliphatic carbocycles. The number of carboxylic acid groups (broad SMARTS) is 1. The van der Waals surface area contributed by atoms with Crippen molar-refractivity contribution in [3.05, 3.63) is 28.9 Å². The monoisotopic (exact) mass is 354 g/mol. The number of carboxylic acids is 1. The van der Waals surface area contributed by atoms with Crippen molar-refractivity contribution in [3.63, 3.8) is 0 Å². The van der Waals surface area contributed by atoms with E-state index >= 15 is 0 Å². The van der Waals surface area contributed by atoms with Gasteiger partial charge < -0.3 is 20.1 Å². The van der Waals surface area contributed by atoms with Gasteiger partial charge in [-0.25, -0.2) is 0 Å². The molecule has 0 radical (unpaired) electrons. The fourth-order valence-electron chi connectivity index (χ4n) is 4.08. The van der Waals surface area contributed by atoms with Crippen molar-refractivity contribution in [1.29, 1.82) is 0 Å². The summed E-state index contributed by atoms with van der Waals surface area (Å²) in [6, 6.07) is 5.50. The maximum atomic E-state index is 11.4. The summed E-state index contributed by atoms with van der Waals surface area (Å²) in [4.78, 5) is 13.9. The molecule has 2 aromatic rings. The first-order chi connectivity index (χ1) is 11.6. The van der Waals surface area contributed by atoms with Gasteiger partial charge in [-0.3, -0.25) is 4.68 Å². The third kappa shape index (κ3) is 3.60. The van der Waals surface area contributed by atoms with E-state index in [1.165, 1.54) is 32.0 Å². The molecular weight excluding hydrogens is 335 g/mol. The molecular formula is C17H20ClLiN4O2. The van der Waals surface area contributed by atoms with Crippen LogP contribution in [0.15, 0.2) is 18.2 Å². The Hall–Kier alpha value is -1.03. The summed E-state index contributed by atoms with van der Waals surface area (Å²) in [6.45, 7) is 4.87. The predicted octanol–water partition coefficient (Wildman–Crippen LogP) is -2.26. The van der Waals surface area contributed by atoms with Crippen LogP contribution in [0.5, 0.6) is 0 Å². The Bertz CT molecular complexity index is 773. The molecule has 1 unspecified atom stereocenters. The van der Waals surface area contributed by atoms with E-state index in [0.717, 1.165) is 19.0 Å². The molecule has 0 amide bonds. The molecule has 4 heterocycles. The molecule has 1 N–H and O–H groups in total. The Kier molecular flexibility index (Phi) is 5.77. The summed E-state index contributed by atoms with van der Waals surface area (Å²) in [5.41, 5.74) is 0.674. The van der Waals surface area contributed by atoms with Crippen molar-refractivity contribution in [3.8, 4) is 0 Å². The van der Waals surface area contributed by atoms with E-state index in [4.69, 9.17) is 11.6 Å². The Morgan fingerprint density at radius 2 is 2.12 bits per heavy atom. The normalized spacial score (nSPS) is 25.1. The fourth-order valence-corrected chi connectivity index (χ4v) is 4.32. The van der Waals surface area contributed by atoms with Gasteiger partial charge in [-0.1, -0.05) is 23.7 Å². The minimum absolute atomic E-state index is 0. The van der Waals surface area contributed by atoms with Crippen LogP contribution in [0.1, 0.15) is 23.2 Å². The molecule has 128 valence electrons. The maximum absolute atomic E-state index is 11.4. The van der Waals surface area contributed by atoms with Crippen LogP contribution in [0.3, 0.4) is 0 Å². The zero-order chi connectivity index (χ0) is 16.7. The van der Waals surface area contributed by atoms with Crippen LogP contribution < -0.4 is 29.3 Å². The van der Waals surface area contributed by atoms with Crippen LogP contribution in [-0.2, 0) is 6.54 Å². The quantitative estimate of drug-likeness (QED) is 0.614. The van der Waals surface area contributed by atoms with Crippen LogP contribution in [0.4, 0.5) is 0 Å². The molecule has 3 aliphatic heterocycles. The molecule has 1 aromatic heterocycles. The summed E-state index contributed by atoms with van der Waals surface area (Å²) in [5.74, 6) is -0.449. The van der Waals surface area contributed by atoms with E-state index in [2.05, 4.69) is 15.3 Å². The Morgan fingerprint density at radius 3 is 2.76 bits per heavy atom. The van der Waals surface area contributed by atoms with Crippen LogP contribution in [0.25, 0.3) is 10.9 Å². The summed E-state index contributed by atoms with van der Waals surface area (Å²) >= 11 is 6.16. The van der Waals surface area contributed by atoms with Crippen molar-refractivity contribution < 1.29 is 28.8 Å². The Labute approximate surface area is 163 Å². The van der Waals surface area contributed by atoms with Gasteiger partial charge in [-0.2, -0.15) is 5.10 Å². The maximum Gasteiger partial charge on any atom is 1.00 e. The summed E-state index contributed by atoms with van der Waals surface area (Å²) < 4.78 is 1.68. The van der Waals surface area contributed by atoms with E-state index in [1.807, 2.05) is 0 Å². The fraction of sp³-hybridized carbons (Fsp3) is 0.529. The number of para-hydroxylation sites is 1. The molecule has 2 bridgehead atoms. The number of piperidine rings is 3. The minimum atomic E-state index is -1.20. The topological polar surface area (TPSA) is 73.2 Å².